The van der Waals surface area contributed by atoms with Gasteiger partial charge in [0.25, 0.3) is 0 Å². The molecule has 1 N–H and O–H groups in total. The van der Waals surface area contributed by atoms with Gasteiger partial charge in [0.1, 0.15) is 23.7 Å². The van der Waals surface area contributed by atoms with Crippen molar-refractivity contribution in [2.45, 2.75) is 26.4 Å². The van der Waals surface area contributed by atoms with E-state index in [2.05, 4.69) is 56.0 Å². The number of hydrogen-bond donors (Lipinski definition) is 1. The normalized spacial score (nSPS) is 13.1. The van der Waals surface area contributed by atoms with Gasteiger partial charge in [-0.2, -0.15) is 0 Å². The predicted octanol–water partition coefficient (Wildman–Crippen LogP) is 6.16. The van der Waals surface area contributed by atoms with Gasteiger partial charge in [-0.15, -0.1) is 0 Å². The molecule has 0 aromatic heterocycles. The SMILES string of the molecule is CCN(CC)CCOc1ccc(C(O)(c2ccc(OC)cc2)c2ccc3cc(C)ccc3c2)cc1. The molecule has 4 nitrogen and oxygen atoms in total. The Bertz CT molecular complexity index is 1250. The molecule has 0 amide bonds. The number of fused-ring (bicyclic) bond motifs is 1. The molecule has 4 aromatic rings. The molecule has 0 aliphatic heterocycles. The molecule has 1 unspecified atom stereocenters. The van der Waals surface area contributed by atoms with Gasteiger partial charge in [-0.25, -0.2) is 0 Å². The number of benzene rings is 4. The molecule has 1 atom stereocenters. The third-order valence-electron chi connectivity index (χ3n) is 6.76. The predicted molar refractivity (Wildman–Crippen MR) is 144 cm³/mol. The minimum absolute atomic E-state index is 0.633. The second-order valence-corrected chi connectivity index (χ2v) is 8.90. The Labute approximate surface area is 208 Å². The van der Waals surface area contributed by atoms with Gasteiger partial charge < -0.3 is 19.5 Å². The van der Waals surface area contributed by atoms with Crippen LogP contribution in [0.25, 0.3) is 10.8 Å². The zero-order chi connectivity index (χ0) is 24.8. The second-order valence-electron chi connectivity index (χ2n) is 8.90. The van der Waals surface area contributed by atoms with Crippen molar-refractivity contribution in [3.8, 4) is 11.5 Å². The van der Waals surface area contributed by atoms with E-state index < -0.39 is 5.60 Å². The number of rotatable bonds is 10. The smallest absolute Gasteiger partial charge is 0.140 e. The van der Waals surface area contributed by atoms with Crippen LogP contribution in [-0.2, 0) is 5.60 Å². The molecule has 182 valence electrons. The first-order valence-electron chi connectivity index (χ1n) is 12.3. The number of aryl methyl sites for hydroxylation is 1. The highest BCUT2D eigenvalue weighted by molar-refractivity contribution is 5.84. The fourth-order valence-electron chi connectivity index (χ4n) is 4.55. The van der Waals surface area contributed by atoms with Gasteiger partial charge in [0.05, 0.1) is 7.11 Å². The number of aliphatic hydroxyl groups is 1. The third kappa shape index (κ3) is 5.34. The van der Waals surface area contributed by atoms with Crippen LogP contribution in [0.2, 0.25) is 0 Å². The minimum atomic E-state index is -1.33. The number of nitrogens with zero attached hydrogens (tertiary/aromatic N) is 1. The molecular weight excluding hydrogens is 434 g/mol. The standard InChI is InChI=1S/C31H35NO3/c1-5-32(6-2)19-20-35-30-17-13-27(14-18-30)31(33,26-11-15-29(34-4)16-12-26)28-10-9-24-21-23(3)7-8-25(24)22-28/h7-18,21-22,33H,5-6,19-20H2,1-4H3. The van der Waals surface area contributed by atoms with Crippen LogP contribution in [-0.4, -0.2) is 43.4 Å². The molecule has 0 radical (unpaired) electrons. The van der Waals surface area contributed by atoms with Gasteiger partial charge in [-0.1, -0.05) is 74.0 Å². The molecule has 0 fully saturated rings. The maximum atomic E-state index is 12.3. The average Bonchev–Trinajstić information content (AvgIpc) is 2.90. The number of methoxy groups -OCH3 is 1. The van der Waals surface area contributed by atoms with Crippen LogP contribution in [0.4, 0.5) is 0 Å². The van der Waals surface area contributed by atoms with E-state index in [-0.39, 0.29) is 0 Å². The summed E-state index contributed by atoms with van der Waals surface area (Å²) in [4.78, 5) is 2.33. The molecule has 4 heteroatoms. The lowest BCUT2D eigenvalue weighted by Gasteiger charge is -2.31. The highest BCUT2D eigenvalue weighted by atomic mass is 16.5. The van der Waals surface area contributed by atoms with E-state index in [1.54, 1.807) is 7.11 Å². The second kappa shape index (κ2) is 10.9. The summed E-state index contributed by atoms with van der Waals surface area (Å²) in [6.45, 7) is 9.96. The fourth-order valence-corrected chi connectivity index (χ4v) is 4.55. The topological polar surface area (TPSA) is 41.9 Å². The van der Waals surface area contributed by atoms with E-state index in [1.165, 1.54) is 5.56 Å². The molecule has 4 rings (SSSR count). The van der Waals surface area contributed by atoms with Crippen LogP contribution in [0.15, 0.2) is 84.9 Å². The zero-order valence-electron chi connectivity index (χ0n) is 21.1. The summed E-state index contributed by atoms with van der Waals surface area (Å²) in [6, 6.07) is 27.9. The van der Waals surface area contributed by atoms with Crippen LogP contribution < -0.4 is 9.47 Å². The van der Waals surface area contributed by atoms with Gasteiger partial charge in [-0.3, -0.25) is 0 Å². The van der Waals surface area contributed by atoms with E-state index in [1.807, 2.05) is 54.6 Å². The van der Waals surface area contributed by atoms with Crippen molar-refractivity contribution < 1.29 is 14.6 Å². The molecule has 0 aliphatic rings. The summed E-state index contributed by atoms with van der Waals surface area (Å²) in [5.41, 5.74) is 2.26. The molecule has 35 heavy (non-hydrogen) atoms. The van der Waals surface area contributed by atoms with E-state index >= 15 is 0 Å². The Kier molecular flexibility index (Phi) is 7.74. The summed E-state index contributed by atoms with van der Waals surface area (Å²) in [5.74, 6) is 1.55. The Hall–Kier alpha value is -3.34. The molecular formula is C31H35NO3. The molecule has 0 saturated carbocycles. The van der Waals surface area contributed by atoms with Crippen LogP contribution in [0.3, 0.4) is 0 Å². The van der Waals surface area contributed by atoms with E-state index in [0.717, 1.165) is 58.6 Å². The van der Waals surface area contributed by atoms with Gasteiger partial charge in [-0.05, 0) is 77.8 Å². The van der Waals surface area contributed by atoms with Crippen LogP contribution in [0.1, 0.15) is 36.1 Å². The summed E-state index contributed by atoms with van der Waals surface area (Å²) in [5, 5.41) is 14.6. The molecule has 0 spiro atoms. The lowest BCUT2D eigenvalue weighted by molar-refractivity contribution is 0.125. The molecule has 4 aromatic carbocycles. The molecule has 0 saturated heterocycles. The maximum Gasteiger partial charge on any atom is 0.140 e. The number of hydrogen-bond acceptors (Lipinski definition) is 4. The Morgan fingerprint density at radius 3 is 1.86 bits per heavy atom. The van der Waals surface area contributed by atoms with Crippen molar-refractivity contribution in [3.05, 3.63) is 107 Å². The quantitative estimate of drug-likeness (QED) is 0.282. The number of ether oxygens (including phenoxy) is 2. The summed E-state index contributed by atoms with van der Waals surface area (Å²) >= 11 is 0. The maximum absolute atomic E-state index is 12.3. The summed E-state index contributed by atoms with van der Waals surface area (Å²) < 4.78 is 11.3. The van der Waals surface area contributed by atoms with Gasteiger partial charge >= 0.3 is 0 Å². The third-order valence-corrected chi connectivity index (χ3v) is 6.76. The Morgan fingerprint density at radius 1 is 0.714 bits per heavy atom. The highest BCUT2D eigenvalue weighted by Crippen LogP contribution is 2.39. The van der Waals surface area contributed by atoms with Crippen molar-refractivity contribution in [1.29, 1.82) is 0 Å². The van der Waals surface area contributed by atoms with Crippen LogP contribution >= 0.6 is 0 Å². The monoisotopic (exact) mass is 469 g/mol. The van der Waals surface area contributed by atoms with Crippen LogP contribution in [0.5, 0.6) is 11.5 Å². The first kappa shape index (κ1) is 24.8. The highest BCUT2D eigenvalue weighted by Gasteiger charge is 2.34. The first-order valence-corrected chi connectivity index (χ1v) is 12.3. The van der Waals surface area contributed by atoms with E-state index in [9.17, 15) is 5.11 Å². The minimum Gasteiger partial charge on any atom is -0.497 e. The van der Waals surface area contributed by atoms with Crippen molar-refractivity contribution in [1.82, 2.24) is 4.90 Å². The van der Waals surface area contributed by atoms with Gasteiger partial charge in [0.2, 0.25) is 0 Å². The molecule has 0 aliphatic carbocycles. The van der Waals surface area contributed by atoms with Crippen molar-refractivity contribution >= 4 is 10.8 Å². The van der Waals surface area contributed by atoms with Gasteiger partial charge in [0.15, 0.2) is 0 Å². The van der Waals surface area contributed by atoms with E-state index in [0.29, 0.717) is 6.61 Å². The Balaban J connectivity index is 1.70. The first-order chi connectivity index (χ1) is 17.0. The average molecular weight is 470 g/mol. The lowest BCUT2D eigenvalue weighted by atomic mass is 9.79. The molecule has 0 bridgehead atoms. The van der Waals surface area contributed by atoms with Crippen LogP contribution in [0, 0.1) is 6.92 Å². The van der Waals surface area contributed by atoms with E-state index in [4.69, 9.17) is 9.47 Å². The van der Waals surface area contributed by atoms with Crippen molar-refractivity contribution in [2.24, 2.45) is 0 Å². The van der Waals surface area contributed by atoms with Gasteiger partial charge in [0, 0.05) is 6.54 Å². The lowest BCUT2D eigenvalue weighted by Crippen LogP contribution is -2.29. The number of likely N-dealkylation sites (N-methyl/N-ethyl adjacent to an activating group) is 1. The largest absolute Gasteiger partial charge is 0.497 e. The summed E-state index contributed by atoms with van der Waals surface area (Å²) in [6.07, 6.45) is 0. The fraction of sp³-hybridized carbons (Fsp3) is 0.290. The Morgan fingerprint density at radius 2 is 1.26 bits per heavy atom. The zero-order valence-corrected chi connectivity index (χ0v) is 21.1. The van der Waals surface area contributed by atoms with Crippen molar-refractivity contribution in [2.75, 3.05) is 33.4 Å². The summed E-state index contributed by atoms with van der Waals surface area (Å²) in [7, 11) is 1.64. The molecule has 0 heterocycles. The van der Waals surface area contributed by atoms with Crippen molar-refractivity contribution in [3.63, 3.8) is 0 Å².